The van der Waals surface area contributed by atoms with Crippen LogP contribution in [0, 0.1) is 6.92 Å². The van der Waals surface area contributed by atoms with E-state index < -0.39 is 0 Å². The number of hydrogen-bond donors (Lipinski definition) is 2. The minimum absolute atomic E-state index is 0.661. The van der Waals surface area contributed by atoms with Crippen LogP contribution in [0.2, 0.25) is 0 Å². The Morgan fingerprint density at radius 1 is 1.12 bits per heavy atom. The molecule has 1 aromatic carbocycles. The first-order valence-corrected chi connectivity index (χ1v) is 8.96. The maximum absolute atomic E-state index is 5.38. The Morgan fingerprint density at radius 2 is 1.96 bits per heavy atom. The van der Waals surface area contributed by atoms with Crippen molar-refractivity contribution in [1.82, 2.24) is 10.6 Å². The second-order valence-corrected chi connectivity index (χ2v) is 5.82. The van der Waals surface area contributed by atoms with Crippen LogP contribution in [0.3, 0.4) is 0 Å². The Kier molecular flexibility index (Phi) is 8.63. The van der Waals surface area contributed by atoms with E-state index in [1.54, 1.807) is 6.26 Å². The van der Waals surface area contributed by atoms with Gasteiger partial charge in [0.05, 0.1) is 12.8 Å². The molecule has 136 valence electrons. The van der Waals surface area contributed by atoms with Crippen molar-refractivity contribution >= 4 is 5.96 Å². The van der Waals surface area contributed by atoms with Gasteiger partial charge in [0.15, 0.2) is 5.96 Å². The van der Waals surface area contributed by atoms with Crippen LogP contribution < -0.4 is 10.6 Å². The Morgan fingerprint density at radius 3 is 2.72 bits per heavy atom. The first kappa shape index (κ1) is 19.1. The number of rotatable bonds is 10. The molecule has 2 aromatic rings. The van der Waals surface area contributed by atoms with E-state index in [4.69, 9.17) is 14.1 Å². The molecule has 0 bridgehead atoms. The molecule has 0 aliphatic heterocycles. The van der Waals surface area contributed by atoms with Gasteiger partial charge < -0.3 is 19.8 Å². The van der Waals surface area contributed by atoms with Gasteiger partial charge in [0.1, 0.15) is 5.76 Å². The number of aliphatic imine (C=N–C) groups is 1. The summed E-state index contributed by atoms with van der Waals surface area (Å²) in [5, 5.41) is 6.75. The molecule has 0 aliphatic carbocycles. The molecule has 0 atom stereocenters. The van der Waals surface area contributed by atoms with Gasteiger partial charge in [0, 0.05) is 32.7 Å². The monoisotopic (exact) mass is 343 g/mol. The molecule has 0 spiro atoms. The van der Waals surface area contributed by atoms with Gasteiger partial charge in [0.25, 0.3) is 0 Å². The van der Waals surface area contributed by atoms with Crippen LogP contribution in [0.5, 0.6) is 0 Å². The highest BCUT2D eigenvalue weighted by molar-refractivity contribution is 5.79. The summed E-state index contributed by atoms with van der Waals surface area (Å²) >= 11 is 0. The van der Waals surface area contributed by atoms with Gasteiger partial charge in [-0.15, -0.1) is 0 Å². The highest BCUT2D eigenvalue weighted by Crippen LogP contribution is 2.08. The van der Waals surface area contributed by atoms with Crippen molar-refractivity contribution < 1.29 is 9.15 Å². The first-order valence-electron chi connectivity index (χ1n) is 8.96. The summed E-state index contributed by atoms with van der Waals surface area (Å²) in [5.74, 6) is 1.80. The summed E-state index contributed by atoms with van der Waals surface area (Å²) in [7, 11) is 0. The predicted molar refractivity (Wildman–Crippen MR) is 102 cm³/mol. The fourth-order valence-corrected chi connectivity index (χ4v) is 2.41. The Labute approximate surface area is 150 Å². The van der Waals surface area contributed by atoms with Crippen molar-refractivity contribution in [2.24, 2.45) is 4.99 Å². The third-order valence-electron chi connectivity index (χ3n) is 3.87. The largest absolute Gasteiger partial charge is 0.469 e. The summed E-state index contributed by atoms with van der Waals surface area (Å²) in [5.41, 5.74) is 2.50. The number of benzene rings is 1. The fourth-order valence-electron chi connectivity index (χ4n) is 2.41. The van der Waals surface area contributed by atoms with E-state index in [0.29, 0.717) is 6.54 Å². The van der Waals surface area contributed by atoms with Crippen LogP contribution in [0.15, 0.2) is 52.1 Å². The molecule has 1 heterocycles. The molecule has 0 saturated carbocycles. The molecule has 5 heteroatoms. The van der Waals surface area contributed by atoms with E-state index in [-0.39, 0.29) is 0 Å². The number of hydrogen-bond acceptors (Lipinski definition) is 3. The minimum atomic E-state index is 0.661. The second-order valence-electron chi connectivity index (χ2n) is 5.82. The van der Waals surface area contributed by atoms with Crippen LogP contribution in [-0.2, 0) is 17.7 Å². The standard InChI is InChI=1S/C20H29N3O2/c1-3-24-14-7-12-21-20(22-13-11-19-10-6-15-25-19)23-16-18-9-5-4-8-17(18)2/h4-6,8-10,15H,3,7,11-14,16H2,1-2H3,(H2,21,22,23). The lowest BCUT2D eigenvalue weighted by molar-refractivity contribution is 0.145. The molecule has 5 nitrogen and oxygen atoms in total. The Bertz CT molecular complexity index is 624. The molecule has 25 heavy (non-hydrogen) atoms. The van der Waals surface area contributed by atoms with Crippen LogP contribution >= 0.6 is 0 Å². The zero-order chi connectivity index (χ0) is 17.7. The maximum atomic E-state index is 5.38. The lowest BCUT2D eigenvalue weighted by atomic mass is 10.1. The van der Waals surface area contributed by atoms with Crippen LogP contribution in [0.4, 0.5) is 0 Å². The van der Waals surface area contributed by atoms with Gasteiger partial charge >= 0.3 is 0 Å². The average Bonchev–Trinajstić information content (AvgIpc) is 3.13. The number of guanidine groups is 1. The van der Waals surface area contributed by atoms with E-state index in [9.17, 15) is 0 Å². The molecule has 2 rings (SSSR count). The third kappa shape index (κ3) is 7.44. The van der Waals surface area contributed by atoms with Gasteiger partial charge in [-0.3, -0.25) is 0 Å². The fraction of sp³-hybridized carbons (Fsp3) is 0.450. The van der Waals surface area contributed by atoms with Crippen LogP contribution in [0.1, 0.15) is 30.2 Å². The SMILES string of the molecule is CCOCCCNC(=NCc1ccccc1C)NCCc1ccco1. The van der Waals surface area contributed by atoms with E-state index in [2.05, 4.69) is 41.8 Å². The molecule has 0 saturated heterocycles. The molecule has 1 aromatic heterocycles. The summed E-state index contributed by atoms with van der Waals surface area (Å²) in [4.78, 5) is 4.71. The van der Waals surface area contributed by atoms with Gasteiger partial charge in [0.2, 0.25) is 0 Å². The molecular weight excluding hydrogens is 314 g/mol. The smallest absolute Gasteiger partial charge is 0.191 e. The lowest BCUT2D eigenvalue weighted by Crippen LogP contribution is -2.39. The highest BCUT2D eigenvalue weighted by atomic mass is 16.5. The first-order chi connectivity index (χ1) is 12.3. The lowest BCUT2D eigenvalue weighted by Gasteiger charge is -2.13. The summed E-state index contributed by atoms with van der Waals surface area (Å²) < 4.78 is 10.7. The maximum Gasteiger partial charge on any atom is 0.191 e. The van der Waals surface area contributed by atoms with Gasteiger partial charge in [-0.05, 0) is 43.5 Å². The zero-order valence-electron chi connectivity index (χ0n) is 15.3. The number of ether oxygens (including phenoxy) is 1. The number of nitrogens with zero attached hydrogens (tertiary/aromatic N) is 1. The van der Waals surface area contributed by atoms with E-state index in [0.717, 1.165) is 50.9 Å². The quantitative estimate of drug-likeness (QED) is 0.395. The molecule has 0 aliphatic rings. The Balaban J connectivity index is 1.85. The number of nitrogens with one attached hydrogen (secondary N) is 2. The van der Waals surface area contributed by atoms with Crippen molar-refractivity contribution in [3.8, 4) is 0 Å². The van der Waals surface area contributed by atoms with E-state index in [1.807, 2.05) is 19.1 Å². The Hall–Kier alpha value is -2.27. The van der Waals surface area contributed by atoms with Crippen molar-refractivity contribution in [3.63, 3.8) is 0 Å². The van der Waals surface area contributed by atoms with Crippen molar-refractivity contribution in [1.29, 1.82) is 0 Å². The summed E-state index contributed by atoms with van der Waals surface area (Å²) in [6.45, 7) is 7.92. The molecule has 0 amide bonds. The summed E-state index contributed by atoms with van der Waals surface area (Å²) in [6.07, 6.45) is 3.49. The number of furan rings is 1. The van der Waals surface area contributed by atoms with Crippen molar-refractivity contribution in [3.05, 3.63) is 59.5 Å². The normalized spacial score (nSPS) is 11.5. The molecule has 0 radical (unpaired) electrons. The van der Waals surface area contributed by atoms with Crippen molar-refractivity contribution in [2.45, 2.75) is 33.2 Å². The summed E-state index contributed by atoms with van der Waals surface area (Å²) in [6, 6.07) is 12.2. The van der Waals surface area contributed by atoms with Crippen LogP contribution in [-0.4, -0.2) is 32.3 Å². The molecule has 2 N–H and O–H groups in total. The molecule has 0 fully saturated rings. The molecule has 0 unspecified atom stereocenters. The van der Waals surface area contributed by atoms with Crippen molar-refractivity contribution in [2.75, 3.05) is 26.3 Å². The second kappa shape index (κ2) is 11.3. The van der Waals surface area contributed by atoms with Crippen LogP contribution in [0.25, 0.3) is 0 Å². The zero-order valence-corrected chi connectivity index (χ0v) is 15.3. The van der Waals surface area contributed by atoms with Gasteiger partial charge in [-0.1, -0.05) is 24.3 Å². The third-order valence-corrected chi connectivity index (χ3v) is 3.87. The van der Waals surface area contributed by atoms with Gasteiger partial charge in [-0.2, -0.15) is 0 Å². The van der Waals surface area contributed by atoms with E-state index >= 15 is 0 Å². The highest BCUT2D eigenvalue weighted by Gasteiger charge is 2.02. The molecular formula is C20H29N3O2. The topological polar surface area (TPSA) is 58.8 Å². The number of aryl methyl sites for hydroxylation is 1. The van der Waals surface area contributed by atoms with Gasteiger partial charge in [-0.25, -0.2) is 4.99 Å². The minimum Gasteiger partial charge on any atom is -0.469 e. The predicted octanol–water partition coefficient (Wildman–Crippen LogP) is 3.29. The van der Waals surface area contributed by atoms with E-state index in [1.165, 1.54) is 11.1 Å². The average molecular weight is 343 g/mol.